The smallest absolute Gasteiger partial charge is 0.340 e. The molecule has 2 aromatic carbocycles. The van der Waals surface area contributed by atoms with Gasteiger partial charge in [-0.05, 0) is 24.1 Å². The van der Waals surface area contributed by atoms with Gasteiger partial charge < -0.3 is 24.3 Å². The summed E-state index contributed by atoms with van der Waals surface area (Å²) in [7, 11) is 5.82. The van der Waals surface area contributed by atoms with Gasteiger partial charge in [-0.3, -0.25) is 4.79 Å². The van der Waals surface area contributed by atoms with E-state index in [1.807, 2.05) is 24.3 Å². The Bertz CT molecular complexity index is 801. The summed E-state index contributed by atoms with van der Waals surface area (Å²) in [5.41, 5.74) is 1.50. The Morgan fingerprint density at radius 1 is 0.889 bits per heavy atom. The largest absolute Gasteiger partial charge is 0.497 e. The third-order valence-electron chi connectivity index (χ3n) is 4.00. The highest BCUT2D eigenvalue weighted by molar-refractivity contribution is 6.02. The van der Waals surface area contributed by atoms with Crippen LogP contribution in [0.3, 0.4) is 0 Å². The molecular formula is C20H23NO6. The molecule has 0 saturated carbocycles. The van der Waals surface area contributed by atoms with Crippen molar-refractivity contribution in [3.05, 3.63) is 47.5 Å². The minimum Gasteiger partial charge on any atom is -0.497 e. The highest BCUT2D eigenvalue weighted by atomic mass is 16.5. The molecule has 0 unspecified atom stereocenters. The van der Waals surface area contributed by atoms with Crippen molar-refractivity contribution in [1.29, 1.82) is 0 Å². The summed E-state index contributed by atoms with van der Waals surface area (Å²) >= 11 is 0. The maximum absolute atomic E-state index is 12.4. The highest BCUT2D eigenvalue weighted by Gasteiger charge is 2.19. The summed E-state index contributed by atoms with van der Waals surface area (Å²) in [5.74, 6) is 0.714. The maximum Gasteiger partial charge on any atom is 0.340 e. The third kappa shape index (κ3) is 5.13. The number of amides is 1. The van der Waals surface area contributed by atoms with Crippen molar-refractivity contribution in [1.82, 2.24) is 0 Å². The Morgan fingerprint density at radius 3 is 2.07 bits per heavy atom. The first-order chi connectivity index (χ1) is 13.0. The number of ether oxygens (including phenoxy) is 4. The van der Waals surface area contributed by atoms with E-state index in [-0.39, 0.29) is 17.9 Å². The lowest BCUT2D eigenvalue weighted by atomic mass is 10.1. The van der Waals surface area contributed by atoms with E-state index in [0.29, 0.717) is 23.6 Å². The molecule has 27 heavy (non-hydrogen) atoms. The number of esters is 1. The summed E-state index contributed by atoms with van der Waals surface area (Å²) in [5, 5.41) is 2.74. The van der Waals surface area contributed by atoms with Gasteiger partial charge in [-0.1, -0.05) is 12.1 Å². The number of hydrogen-bond donors (Lipinski definition) is 1. The summed E-state index contributed by atoms with van der Waals surface area (Å²) in [4.78, 5) is 24.4. The molecule has 0 aliphatic rings. The average molecular weight is 373 g/mol. The fraction of sp³-hybridized carbons (Fsp3) is 0.300. The molecule has 0 aliphatic heterocycles. The zero-order valence-corrected chi connectivity index (χ0v) is 15.8. The fourth-order valence-corrected chi connectivity index (χ4v) is 2.52. The third-order valence-corrected chi connectivity index (χ3v) is 4.00. The second kappa shape index (κ2) is 9.47. The first-order valence-electron chi connectivity index (χ1n) is 8.29. The minimum atomic E-state index is -0.582. The van der Waals surface area contributed by atoms with Crippen LogP contribution in [0.5, 0.6) is 17.2 Å². The lowest BCUT2D eigenvalue weighted by molar-refractivity contribution is -0.116. The molecular weight excluding hydrogens is 350 g/mol. The van der Waals surface area contributed by atoms with Crippen LogP contribution in [0.2, 0.25) is 0 Å². The number of hydrogen-bond acceptors (Lipinski definition) is 6. The lowest BCUT2D eigenvalue weighted by Crippen LogP contribution is -2.16. The maximum atomic E-state index is 12.4. The molecule has 1 N–H and O–H groups in total. The molecule has 0 aromatic heterocycles. The van der Waals surface area contributed by atoms with Crippen LogP contribution in [-0.4, -0.2) is 40.3 Å². The zero-order chi connectivity index (χ0) is 19.8. The quantitative estimate of drug-likeness (QED) is 0.716. The number of carbonyl (C=O) groups is 2. The number of rotatable bonds is 8. The van der Waals surface area contributed by atoms with Crippen LogP contribution in [0.25, 0.3) is 0 Å². The summed E-state index contributed by atoms with van der Waals surface area (Å²) in [6.07, 6.45) is 0.804. The molecule has 7 heteroatoms. The molecule has 0 heterocycles. The molecule has 0 atom stereocenters. The number of methoxy groups -OCH3 is 4. The Balaban J connectivity index is 2.13. The normalized spacial score (nSPS) is 10.1. The number of carbonyl (C=O) groups excluding carboxylic acids is 2. The topological polar surface area (TPSA) is 83.1 Å². The van der Waals surface area contributed by atoms with E-state index in [1.165, 1.54) is 33.5 Å². The Morgan fingerprint density at radius 2 is 1.52 bits per heavy atom. The highest BCUT2D eigenvalue weighted by Crippen LogP contribution is 2.33. The van der Waals surface area contributed by atoms with Crippen molar-refractivity contribution in [2.45, 2.75) is 12.8 Å². The van der Waals surface area contributed by atoms with E-state index in [1.54, 1.807) is 7.11 Å². The Hall–Kier alpha value is -3.22. The molecule has 0 aliphatic carbocycles. The predicted molar refractivity (Wildman–Crippen MR) is 101 cm³/mol. The van der Waals surface area contributed by atoms with Gasteiger partial charge in [0.15, 0.2) is 11.5 Å². The van der Waals surface area contributed by atoms with Gasteiger partial charge in [-0.15, -0.1) is 0 Å². The van der Waals surface area contributed by atoms with Crippen molar-refractivity contribution >= 4 is 17.6 Å². The fourth-order valence-electron chi connectivity index (χ4n) is 2.52. The summed E-state index contributed by atoms with van der Waals surface area (Å²) < 4.78 is 20.3. The van der Waals surface area contributed by atoms with Crippen LogP contribution >= 0.6 is 0 Å². The van der Waals surface area contributed by atoms with Crippen molar-refractivity contribution in [3.63, 3.8) is 0 Å². The molecule has 2 aromatic rings. The molecule has 2 rings (SSSR count). The van der Waals surface area contributed by atoms with Crippen LogP contribution < -0.4 is 19.5 Å². The second-order valence-corrected chi connectivity index (χ2v) is 5.64. The Labute approximate surface area is 158 Å². The molecule has 0 bridgehead atoms. The van der Waals surface area contributed by atoms with Crippen molar-refractivity contribution in [3.8, 4) is 17.2 Å². The standard InChI is InChI=1S/C20H23NO6/c1-24-14-8-5-13(6-9-14)7-10-19(22)21-16-12-18(26-3)17(25-2)11-15(16)20(23)27-4/h5-6,8-9,11-12H,7,10H2,1-4H3,(H,21,22). The summed E-state index contributed by atoms with van der Waals surface area (Å²) in [6.45, 7) is 0. The van der Waals surface area contributed by atoms with E-state index >= 15 is 0 Å². The van der Waals surface area contributed by atoms with Crippen LogP contribution in [-0.2, 0) is 16.0 Å². The molecule has 7 nitrogen and oxygen atoms in total. The first-order valence-corrected chi connectivity index (χ1v) is 8.29. The molecule has 1 amide bonds. The van der Waals surface area contributed by atoms with Gasteiger partial charge in [0.25, 0.3) is 0 Å². The zero-order valence-electron chi connectivity index (χ0n) is 15.8. The minimum absolute atomic E-state index is 0.188. The van der Waals surface area contributed by atoms with Gasteiger partial charge >= 0.3 is 5.97 Å². The van der Waals surface area contributed by atoms with Crippen molar-refractivity contribution in [2.24, 2.45) is 0 Å². The first kappa shape index (κ1) is 20.1. The van der Waals surface area contributed by atoms with Crippen LogP contribution in [0, 0.1) is 0 Å². The van der Waals surface area contributed by atoms with E-state index in [0.717, 1.165) is 11.3 Å². The van der Waals surface area contributed by atoms with Gasteiger partial charge in [-0.2, -0.15) is 0 Å². The van der Waals surface area contributed by atoms with Crippen LogP contribution in [0.4, 0.5) is 5.69 Å². The van der Waals surface area contributed by atoms with Gasteiger partial charge in [0.2, 0.25) is 5.91 Å². The van der Waals surface area contributed by atoms with E-state index in [4.69, 9.17) is 18.9 Å². The second-order valence-electron chi connectivity index (χ2n) is 5.64. The summed E-state index contributed by atoms with van der Waals surface area (Å²) in [6, 6.07) is 10.5. The molecule has 0 spiro atoms. The van der Waals surface area contributed by atoms with Gasteiger partial charge in [0, 0.05) is 18.6 Å². The van der Waals surface area contributed by atoms with Gasteiger partial charge in [0.1, 0.15) is 5.75 Å². The van der Waals surface area contributed by atoms with Crippen LogP contribution in [0.1, 0.15) is 22.3 Å². The average Bonchev–Trinajstić information content (AvgIpc) is 2.71. The number of nitrogens with one attached hydrogen (secondary N) is 1. The Kier molecular flexibility index (Phi) is 7.05. The molecule has 144 valence electrons. The van der Waals surface area contributed by atoms with E-state index in [2.05, 4.69) is 5.32 Å². The number of aryl methyl sites for hydroxylation is 1. The van der Waals surface area contributed by atoms with Crippen molar-refractivity contribution < 1.29 is 28.5 Å². The molecule has 0 fully saturated rings. The van der Waals surface area contributed by atoms with E-state index < -0.39 is 5.97 Å². The molecule has 0 saturated heterocycles. The van der Waals surface area contributed by atoms with Gasteiger partial charge in [0.05, 0.1) is 39.7 Å². The van der Waals surface area contributed by atoms with Gasteiger partial charge in [-0.25, -0.2) is 4.79 Å². The predicted octanol–water partition coefficient (Wildman–Crippen LogP) is 3.07. The SMILES string of the molecule is COC(=O)c1cc(OC)c(OC)cc1NC(=O)CCc1ccc(OC)cc1. The number of anilines is 1. The van der Waals surface area contributed by atoms with Crippen LogP contribution in [0.15, 0.2) is 36.4 Å². The van der Waals surface area contributed by atoms with Crippen molar-refractivity contribution in [2.75, 3.05) is 33.8 Å². The van der Waals surface area contributed by atoms with E-state index in [9.17, 15) is 9.59 Å². The lowest BCUT2D eigenvalue weighted by Gasteiger charge is -2.14. The number of benzene rings is 2. The monoisotopic (exact) mass is 373 g/mol. The molecule has 0 radical (unpaired) electrons.